The monoisotopic (exact) mass is 529 g/mol. The molecule has 2 aromatic carbocycles. The van der Waals surface area contributed by atoms with Crippen LogP contribution in [0.2, 0.25) is 0 Å². The molecule has 0 radical (unpaired) electrons. The molecule has 1 fully saturated rings. The number of rotatable bonds is 11. The molecule has 1 amide bonds. The van der Waals surface area contributed by atoms with Gasteiger partial charge in [0.1, 0.15) is 11.9 Å². The van der Waals surface area contributed by atoms with Crippen molar-refractivity contribution < 1.29 is 14.7 Å². The van der Waals surface area contributed by atoms with Crippen molar-refractivity contribution in [2.45, 2.75) is 45.6 Å². The number of aryl methyl sites for hydroxylation is 2. The molecule has 206 valence electrons. The smallest absolute Gasteiger partial charge is 0.326 e. The number of benzene rings is 2. The van der Waals surface area contributed by atoms with Gasteiger partial charge in [0.2, 0.25) is 0 Å². The summed E-state index contributed by atoms with van der Waals surface area (Å²) in [6.45, 7) is 6.83. The number of hydrogen-bond donors (Lipinski definition) is 4. The fourth-order valence-electron chi connectivity index (χ4n) is 5.19. The number of pyridine rings is 1. The molecule has 4 N–H and O–H groups in total. The van der Waals surface area contributed by atoms with Crippen molar-refractivity contribution in [3.8, 4) is 0 Å². The van der Waals surface area contributed by atoms with Gasteiger partial charge in [0.25, 0.3) is 5.91 Å². The Hall–Kier alpha value is -4.07. The number of carboxylic acid groups (broad SMARTS) is 1. The molecule has 8 nitrogen and oxygen atoms in total. The second-order valence-electron chi connectivity index (χ2n) is 10.2. The molecule has 4 rings (SSSR count). The third-order valence-electron chi connectivity index (χ3n) is 7.50. The number of carboxylic acids is 1. The van der Waals surface area contributed by atoms with E-state index in [4.69, 9.17) is 0 Å². The molecule has 2 heterocycles. The Morgan fingerprint density at radius 3 is 2.46 bits per heavy atom. The second-order valence-corrected chi connectivity index (χ2v) is 10.2. The maximum Gasteiger partial charge on any atom is 0.326 e. The van der Waals surface area contributed by atoms with Gasteiger partial charge in [-0.3, -0.25) is 4.79 Å². The molecule has 1 atom stereocenters. The first-order valence-electron chi connectivity index (χ1n) is 13.7. The summed E-state index contributed by atoms with van der Waals surface area (Å²) in [7, 11) is 1.60. The minimum absolute atomic E-state index is 0.153. The van der Waals surface area contributed by atoms with Crippen LogP contribution in [-0.2, 0) is 17.6 Å². The lowest BCUT2D eigenvalue weighted by atomic mass is 9.96. The average Bonchev–Trinajstić information content (AvgIpc) is 2.97. The van der Waals surface area contributed by atoms with Gasteiger partial charge < -0.3 is 26.0 Å². The van der Waals surface area contributed by atoms with Gasteiger partial charge in [-0.1, -0.05) is 25.1 Å². The topological polar surface area (TPSA) is 107 Å². The number of piperidine rings is 1. The summed E-state index contributed by atoms with van der Waals surface area (Å²) in [6.07, 6.45) is 5.08. The molecule has 0 aliphatic carbocycles. The maximum atomic E-state index is 12.2. The molecule has 1 saturated heterocycles. The van der Waals surface area contributed by atoms with Crippen LogP contribution < -0.4 is 20.9 Å². The minimum atomic E-state index is -0.905. The van der Waals surface area contributed by atoms with Gasteiger partial charge in [0, 0.05) is 56.2 Å². The third kappa shape index (κ3) is 7.28. The lowest BCUT2D eigenvalue weighted by Crippen LogP contribution is -2.36. The van der Waals surface area contributed by atoms with Crippen molar-refractivity contribution in [3.05, 3.63) is 83.0 Å². The summed E-state index contributed by atoms with van der Waals surface area (Å²) >= 11 is 0. The molecule has 0 bridgehead atoms. The van der Waals surface area contributed by atoms with E-state index in [1.54, 1.807) is 19.3 Å². The van der Waals surface area contributed by atoms with Crippen LogP contribution in [0.5, 0.6) is 0 Å². The van der Waals surface area contributed by atoms with Gasteiger partial charge >= 0.3 is 5.97 Å². The van der Waals surface area contributed by atoms with Gasteiger partial charge in [0.15, 0.2) is 0 Å². The van der Waals surface area contributed by atoms with Gasteiger partial charge in [-0.15, -0.1) is 0 Å². The zero-order valence-corrected chi connectivity index (χ0v) is 23.0. The quantitative estimate of drug-likeness (QED) is 0.284. The third-order valence-corrected chi connectivity index (χ3v) is 7.50. The molecule has 8 heteroatoms. The lowest BCUT2D eigenvalue weighted by molar-refractivity contribution is -0.137. The predicted molar refractivity (Wildman–Crippen MR) is 157 cm³/mol. The van der Waals surface area contributed by atoms with Gasteiger partial charge in [-0.2, -0.15) is 0 Å². The zero-order chi connectivity index (χ0) is 27.8. The SMILES string of the molecule is CCc1cc(C(=O)NC)cc(C)c1NC(Cc1ccc(N2CCC(CNc3ccccn3)CC2)cc1)C(=O)O. The number of amides is 1. The summed E-state index contributed by atoms with van der Waals surface area (Å²) < 4.78 is 0. The molecule has 0 spiro atoms. The highest BCUT2D eigenvalue weighted by molar-refractivity contribution is 5.95. The summed E-state index contributed by atoms with van der Waals surface area (Å²) in [5.74, 6) is 0.482. The second kappa shape index (κ2) is 13.1. The van der Waals surface area contributed by atoms with Crippen LogP contribution in [0.3, 0.4) is 0 Å². The largest absolute Gasteiger partial charge is 0.480 e. The first-order valence-corrected chi connectivity index (χ1v) is 13.7. The molecule has 1 aliphatic heterocycles. The Bertz CT molecular complexity index is 1260. The van der Waals surface area contributed by atoms with Gasteiger partial charge in [0.05, 0.1) is 0 Å². The first kappa shape index (κ1) is 28.0. The molecule has 1 aliphatic rings. The summed E-state index contributed by atoms with van der Waals surface area (Å²) in [5, 5.41) is 19.3. The van der Waals surface area contributed by atoms with Crippen LogP contribution in [-0.4, -0.2) is 54.7 Å². The van der Waals surface area contributed by atoms with Crippen molar-refractivity contribution in [3.63, 3.8) is 0 Å². The van der Waals surface area contributed by atoms with E-state index in [0.717, 1.165) is 60.7 Å². The van der Waals surface area contributed by atoms with Crippen molar-refractivity contribution in [2.75, 3.05) is 42.2 Å². The summed E-state index contributed by atoms with van der Waals surface area (Å²) in [5.41, 5.74) is 5.28. The van der Waals surface area contributed by atoms with E-state index < -0.39 is 12.0 Å². The Morgan fingerprint density at radius 1 is 1.10 bits per heavy atom. The van der Waals surface area contributed by atoms with E-state index in [2.05, 4.69) is 38.0 Å². The van der Waals surface area contributed by atoms with Gasteiger partial charge in [-0.25, -0.2) is 9.78 Å². The van der Waals surface area contributed by atoms with E-state index in [1.807, 2.05) is 50.2 Å². The van der Waals surface area contributed by atoms with Crippen molar-refractivity contribution in [2.24, 2.45) is 5.92 Å². The molecule has 3 aromatic rings. The Balaban J connectivity index is 1.35. The van der Waals surface area contributed by atoms with E-state index in [0.29, 0.717) is 24.3 Å². The highest BCUT2D eigenvalue weighted by atomic mass is 16.4. The fourth-order valence-corrected chi connectivity index (χ4v) is 5.19. The molecular weight excluding hydrogens is 490 g/mol. The van der Waals surface area contributed by atoms with E-state index in [-0.39, 0.29) is 5.91 Å². The fraction of sp³-hybridized carbons (Fsp3) is 0.387. The zero-order valence-electron chi connectivity index (χ0n) is 23.0. The number of anilines is 3. The highest BCUT2D eigenvalue weighted by Crippen LogP contribution is 2.27. The number of nitrogens with zero attached hydrogens (tertiary/aromatic N) is 2. The van der Waals surface area contributed by atoms with Crippen LogP contribution in [0.15, 0.2) is 60.8 Å². The summed E-state index contributed by atoms with van der Waals surface area (Å²) in [4.78, 5) is 31.0. The first-order chi connectivity index (χ1) is 18.9. The number of carbonyl (C=O) groups excluding carboxylic acids is 1. The Labute approximate surface area is 230 Å². The number of aromatic nitrogens is 1. The molecule has 0 saturated carbocycles. The van der Waals surface area contributed by atoms with Crippen molar-refractivity contribution in [1.82, 2.24) is 10.3 Å². The van der Waals surface area contributed by atoms with Crippen LogP contribution in [0, 0.1) is 12.8 Å². The maximum absolute atomic E-state index is 12.2. The Morgan fingerprint density at radius 2 is 1.85 bits per heavy atom. The predicted octanol–water partition coefficient (Wildman–Crippen LogP) is 4.75. The minimum Gasteiger partial charge on any atom is -0.480 e. The number of nitrogens with one attached hydrogen (secondary N) is 3. The summed E-state index contributed by atoms with van der Waals surface area (Å²) in [6, 6.07) is 17.0. The van der Waals surface area contributed by atoms with Gasteiger partial charge in [-0.05, 0) is 85.2 Å². The Kier molecular flexibility index (Phi) is 9.41. The molecule has 39 heavy (non-hydrogen) atoms. The van der Waals surface area contributed by atoms with Crippen molar-refractivity contribution >= 4 is 29.1 Å². The number of hydrogen-bond acceptors (Lipinski definition) is 6. The number of carbonyl (C=O) groups is 2. The van der Waals surface area contributed by atoms with Crippen LogP contribution in [0.4, 0.5) is 17.2 Å². The molecule has 1 aromatic heterocycles. The standard InChI is InChI=1S/C31H39N5O3/c1-4-24-19-25(30(37)32-3)17-21(2)29(24)35-27(31(38)39)18-22-8-10-26(11-9-22)36-15-12-23(13-16-36)20-34-28-7-5-6-14-33-28/h5-11,14,17,19,23,27,35H,4,12-13,15-16,18,20H2,1-3H3,(H,32,37)(H,33,34)(H,38,39). The molecule has 1 unspecified atom stereocenters. The van der Waals surface area contributed by atoms with Crippen LogP contribution in [0.1, 0.15) is 46.8 Å². The van der Waals surface area contributed by atoms with Crippen LogP contribution in [0.25, 0.3) is 0 Å². The van der Waals surface area contributed by atoms with Crippen LogP contribution >= 0.6 is 0 Å². The lowest BCUT2D eigenvalue weighted by Gasteiger charge is -2.34. The average molecular weight is 530 g/mol. The highest BCUT2D eigenvalue weighted by Gasteiger charge is 2.22. The number of aliphatic carboxylic acids is 1. The van der Waals surface area contributed by atoms with Crippen molar-refractivity contribution in [1.29, 1.82) is 0 Å². The molecular formula is C31H39N5O3. The van der Waals surface area contributed by atoms with E-state index >= 15 is 0 Å². The van der Waals surface area contributed by atoms with E-state index in [9.17, 15) is 14.7 Å². The normalized spacial score (nSPS) is 14.5. The van der Waals surface area contributed by atoms with E-state index in [1.165, 1.54) is 5.69 Å².